The molecule has 3 aliphatic heterocycles. The number of nitrogen functional groups attached to an aromatic ring is 1. The molecule has 2 atom stereocenters. The summed E-state index contributed by atoms with van der Waals surface area (Å²) in [5.74, 6) is -0.0537. The van der Waals surface area contributed by atoms with E-state index in [0.29, 0.717) is 26.7 Å². The number of amides is 3. The molecule has 2 unspecified atom stereocenters. The van der Waals surface area contributed by atoms with Gasteiger partial charge < -0.3 is 20.9 Å². The summed E-state index contributed by atoms with van der Waals surface area (Å²) < 4.78 is 1.31. The molecule has 3 heterocycles. The standard InChI is InChI=1S/C25H26Br2N4O3/c26-19-9-15(10-20(27)24(19)28)22(32)7-8-23(33)31-16-5-6-17(31)12-18(11-16)30-13-14-3-1-2-4-21(14)29-25(30)34/h1-4,9-10,16-18H,5-8,11-13,28H2,(H,29,34). The van der Waals surface area contributed by atoms with Gasteiger partial charge in [0.05, 0.1) is 5.69 Å². The van der Waals surface area contributed by atoms with Crippen LogP contribution in [-0.4, -0.2) is 45.6 Å². The zero-order valence-electron chi connectivity index (χ0n) is 18.6. The first-order valence-corrected chi connectivity index (χ1v) is 13.1. The molecule has 2 saturated heterocycles. The van der Waals surface area contributed by atoms with E-state index >= 15 is 0 Å². The minimum Gasteiger partial charge on any atom is -0.397 e. The highest BCUT2D eigenvalue weighted by Crippen LogP contribution is 2.40. The van der Waals surface area contributed by atoms with E-state index < -0.39 is 0 Å². The van der Waals surface area contributed by atoms with Crippen LogP contribution in [-0.2, 0) is 11.3 Å². The molecule has 2 bridgehead atoms. The van der Waals surface area contributed by atoms with E-state index in [0.717, 1.165) is 36.9 Å². The summed E-state index contributed by atoms with van der Waals surface area (Å²) in [6, 6.07) is 11.6. The van der Waals surface area contributed by atoms with Gasteiger partial charge in [0.1, 0.15) is 0 Å². The van der Waals surface area contributed by atoms with Gasteiger partial charge in [-0.15, -0.1) is 0 Å². The van der Waals surface area contributed by atoms with Crippen molar-refractivity contribution in [2.24, 2.45) is 0 Å². The number of para-hydroxylation sites is 1. The number of carbonyl (C=O) groups is 3. The minimum absolute atomic E-state index is 0.0290. The van der Waals surface area contributed by atoms with Gasteiger partial charge in [0, 0.05) is 57.7 Å². The zero-order chi connectivity index (χ0) is 24.0. The monoisotopic (exact) mass is 588 g/mol. The molecule has 0 spiro atoms. The fourth-order valence-corrected chi connectivity index (χ4v) is 6.75. The lowest BCUT2D eigenvalue weighted by atomic mass is 9.94. The summed E-state index contributed by atoms with van der Waals surface area (Å²) in [4.78, 5) is 42.5. The Morgan fingerprint density at radius 1 is 1.00 bits per heavy atom. The van der Waals surface area contributed by atoms with Gasteiger partial charge in [-0.2, -0.15) is 0 Å². The lowest BCUT2D eigenvalue weighted by Gasteiger charge is -2.44. The number of benzene rings is 2. The van der Waals surface area contributed by atoms with Crippen molar-refractivity contribution >= 4 is 61.0 Å². The van der Waals surface area contributed by atoms with Crippen LogP contribution in [0.25, 0.3) is 0 Å². The molecule has 3 N–H and O–H groups in total. The molecule has 0 radical (unpaired) electrons. The quantitative estimate of drug-likeness (QED) is 0.364. The molecule has 2 aromatic carbocycles. The van der Waals surface area contributed by atoms with Gasteiger partial charge in [0.2, 0.25) is 5.91 Å². The first kappa shape index (κ1) is 23.4. The molecular weight excluding hydrogens is 564 g/mol. The first-order valence-electron chi connectivity index (χ1n) is 11.6. The van der Waals surface area contributed by atoms with E-state index in [9.17, 15) is 14.4 Å². The number of halogens is 2. The predicted octanol–water partition coefficient (Wildman–Crippen LogP) is 5.33. The number of carbonyl (C=O) groups excluding carboxylic acids is 3. The Labute approximate surface area is 215 Å². The normalized spacial score (nSPS) is 23.5. The fourth-order valence-electron chi connectivity index (χ4n) is 5.57. The Balaban J connectivity index is 1.21. The highest BCUT2D eigenvalue weighted by molar-refractivity contribution is 9.11. The number of ketones is 1. The average molecular weight is 590 g/mol. The molecule has 7 nitrogen and oxygen atoms in total. The van der Waals surface area contributed by atoms with E-state index in [1.165, 1.54) is 0 Å². The Hall–Kier alpha value is -2.39. The number of nitrogens with zero attached hydrogens (tertiary/aromatic N) is 2. The minimum atomic E-state index is -0.0827. The van der Waals surface area contributed by atoms with Crippen molar-refractivity contribution in [3.63, 3.8) is 0 Å². The maximum absolute atomic E-state index is 13.1. The third-order valence-corrected chi connectivity index (χ3v) is 8.58. The molecule has 178 valence electrons. The molecule has 0 aliphatic carbocycles. The number of anilines is 2. The summed E-state index contributed by atoms with van der Waals surface area (Å²) in [5.41, 5.74) is 8.97. The van der Waals surface area contributed by atoms with Gasteiger partial charge >= 0.3 is 6.03 Å². The predicted molar refractivity (Wildman–Crippen MR) is 138 cm³/mol. The van der Waals surface area contributed by atoms with Crippen molar-refractivity contribution in [3.8, 4) is 0 Å². The molecule has 2 aromatic rings. The number of hydrogen-bond donors (Lipinski definition) is 2. The van der Waals surface area contributed by atoms with Crippen LogP contribution in [0, 0.1) is 0 Å². The maximum atomic E-state index is 13.1. The van der Waals surface area contributed by atoms with Crippen LogP contribution in [0.3, 0.4) is 0 Å². The summed E-state index contributed by atoms with van der Waals surface area (Å²) in [7, 11) is 0. The number of rotatable bonds is 5. The molecular formula is C25H26Br2N4O3. The van der Waals surface area contributed by atoms with Crippen molar-refractivity contribution < 1.29 is 14.4 Å². The lowest BCUT2D eigenvalue weighted by molar-refractivity contribution is -0.136. The molecule has 0 saturated carbocycles. The van der Waals surface area contributed by atoms with E-state index in [4.69, 9.17) is 5.73 Å². The van der Waals surface area contributed by atoms with Crippen LogP contribution in [0.15, 0.2) is 45.3 Å². The number of piperidine rings is 1. The van der Waals surface area contributed by atoms with Crippen LogP contribution in [0.4, 0.5) is 16.2 Å². The number of nitrogens with one attached hydrogen (secondary N) is 1. The Morgan fingerprint density at radius 2 is 1.65 bits per heavy atom. The number of hydrogen-bond acceptors (Lipinski definition) is 4. The summed E-state index contributed by atoms with van der Waals surface area (Å²) in [5, 5.41) is 3.01. The van der Waals surface area contributed by atoms with Crippen LogP contribution in [0.5, 0.6) is 0 Å². The highest BCUT2D eigenvalue weighted by atomic mass is 79.9. The van der Waals surface area contributed by atoms with Gasteiger partial charge in [-0.3, -0.25) is 9.59 Å². The molecule has 3 amide bonds. The second kappa shape index (κ2) is 9.34. The number of nitrogens with two attached hydrogens (primary N) is 1. The summed E-state index contributed by atoms with van der Waals surface area (Å²) >= 11 is 6.74. The fraction of sp³-hybridized carbons (Fsp3) is 0.400. The second-order valence-corrected chi connectivity index (χ2v) is 11.0. The highest BCUT2D eigenvalue weighted by Gasteiger charge is 2.45. The van der Waals surface area contributed by atoms with Gasteiger partial charge in [-0.05, 0) is 81.3 Å². The van der Waals surface area contributed by atoms with Crippen LogP contribution >= 0.6 is 31.9 Å². The topological polar surface area (TPSA) is 95.7 Å². The number of urea groups is 1. The van der Waals surface area contributed by atoms with E-state index in [-0.39, 0.29) is 48.7 Å². The molecule has 5 rings (SSSR count). The van der Waals surface area contributed by atoms with Crippen LogP contribution < -0.4 is 11.1 Å². The van der Waals surface area contributed by atoms with Crippen molar-refractivity contribution in [3.05, 3.63) is 56.5 Å². The molecule has 34 heavy (non-hydrogen) atoms. The Kier molecular flexibility index (Phi) is 6.41. The van der Waals surface area contributed by atoms with E-state index in [2.05, 4.69) is 37.2 Å². The maximum Gasteiger partial charge on any atom is 0.322 e. The Bertz CT molecular complexity index is 1130. The smallest absolute Gasteiger partial charge is 0.322 e. The second-order valence-electron chi connectivity index (χ2n) is 9.30. The summed E-state index contributed by atoms with van der Waals surface area (Å²) in [6.45, 7) is 0.598. The van der Waals surface area contributed by atoms with Crippen molar-refractivity contribution in [1.82, 2.24) is 9.80 Å². The van der Waals surface area contributed by atoms with Gasteiger partial charge in [-0.1, -0.05) is 18.2 Å². The average Bonchev–Trinajstić information content (AvgIpc) is 3.09. The Morgan fingerprint density at radius 3 is 2.32 bits per heavy atom. The van der Waals surface area contributed by atoms with Crippen molar-refractivity contribution in [2.45, 2.75) is 63.2 Å². The number of Topliss-reactive ketones (excluding diaryl/α,β-unsaturated/α-hetero) is 1. The number of fused-ring (bicyclic) bond motifs is 3. The SMILES string of the molecule is Nc1c(Br)cc(C(=O)CCC(=O)N2C3CCC2CC(N2Cc4ccccc4NC2=O)C3)cc1Br. The van der Waals surface area contributed by atoms with E-state index in [1.54, 1.807) is 12.1 Å². The first-order chi connectivity index (χ1) is 16.3. The van der Waals surface area contributed by atoms with Gasteiger partial charge in [-0.25, -0.2) is 4.79 Å². The van der Waals surface area contributed by atoms with Crippen molar-refractivity contribution in [2.75, 3.05) is 11.1 Å². The van der Waals surface area contributed by atoms with Crippen molar-refractivity contribution in [1.29, 1.82) is 0 Å². The van der Waals surface area contributed by atoms with Crippen LogP contribution in [0.2, 0.25) is 0 Å². The van der Waals surface area contributed by atoms with Gasteiger partial charge in [0.15, 0.2) is 5.78 Å². The molecule has 9 heteroatoms. The summed E-state index contributed by atoms with van der Waals surface area (Å²) in [6.07, 6.45) is 3.81. The zero-order valence-corrected chi connectivity index (χ0v) is 21.8. The molecule has 3 aliphatic rings. The van der Waals surface area contributed by atoms with Gasteiger partial charge in [0.25, 0.3) is 0 Å². The van der Waals surface area contributed by atoms with Crippen LogP contribution in [0.1, 0.15) is 54.4 Å². The third kappa shape index (κ3) is 4.35. The molecule has 0 aromatic heterocycles. The third-order valence-electron chi connectivity index (χ3n) is 7.26. The van der Waals surface area contributed by atoms with E-state index in [1.807, 2.05) is 34.1 Å². The largest absolute Gasteiger partial charge is 0.397 e. The lowest BCUT2D eigenvalue weighted by Crippen LogP contribution is -2.55. The molecule has 2 fully saturated rings.